The lowest BCUT2D eigenvalue weighted by Gasteiger charge is -2.09. The number of carbonyl (C=O) groups excluding carboxylic acids is 1. The van der Waals surface area contributed by atoms with E-state index < -0.39 is 0 Å². The number of benzene rings is 2. The standard InChI is InChI=1S/C21H17N5O2/c27-20(14-28-16-8-2-1-3-9-16)24-19-12-11-18(25-26-19)23-17-10-4-6-15-7-5-13-22-21(15)17/h1-13H,14H2,(H,23,25)(H,24,26,27). The molecule has 0 spiro atoms. The number of ether oxygens (including phenoxy) is 1. The second-order valence-electron chi connectivity index (χ2n) is 5.96. The molecule has 7 nitrogen and oxygen atoms in total. The van der Waals surface area contributed by atoms with Gasteiger partial charge in [-0.05, 0) is 36.4 Å². The van der Waals surface area contributed by atoms with Crippen LogP contribution in [0.5, 0.6) is 5.75 Å². The molecule has 7 heteroatoms. The molecule has 0 saturated heterocycles. The fraction of sp³-hybridized carbons (Fsp3) is 0.0476. The Kier molecular flexibility index (Phi) is 5.06. The summed E-state index contributed by atoms with van der Waals surface area (Å²) in [5.74, 6) is 1.23. The molecule has 0 aliphatic carbocycles. The Bertz CT molecular complexity index is 1080. The first-order valence-corrected chi connectivity index (χ1v) is 8.70. The molecule has 2 aromatic carbocycles. The predicted octanol–water partition coefficient (Wildman–Crippen LogP) is 3.79. The largest absolute Gasteiger partial charge is 0.484 e. The fourth-order valence-corrected chi connectivity index (χ4v) is 2.65. The van der Waals surface area contributed by atoms with Crippen molar-refractivity contribution in [2.24, 2.45) is 0 Å². The molecular formula is C21H17N5O2. The highest BCUT2D eigenvalue weighted by Gasteiger charge is 2.07. The maximum Gasteiger partial charge on any atom is 0.263 e. The molecule has 4 rings (SSSR count). The predicted molar refractivity (Wildman–Crippen MR) is 108 cm³/mol. The van der Waals surface area contributed by atoms with Crippen molar-refractivity contribution >= 4 is 34.1 Å². The van der Waals surface area contributed by atoms with Crippen molar-refractivity contribution in [1.82, 2.24) is 15.2 Å². The van der Waals surface area contributed by atoms with Crippen LogP contribution < -0.4 is 15.4 Å². The zero-order valence-corrected chi connectivity index (χ0v) is 14.9. The zero-order valence-electron chi connectivity index (χ0n) is 14.9. The van der Waals surface area contributed by atoms with Gasteiger partial charge < -0.3 is 15.4 Å². The normalized spacial score (nSPS) is 10.4. The van der Waals surface area contributed by atoms with Crippen LogP contribution in [0.4, 0.5) is 17.3 Å². The molecule has 0 atom stereocenters. The number of amides is 1. The number of hydrogen-bond donors (Lipinski definition) is 2. The molecule has 0 unspecified atom stereocenters. The first-order chi connectivity index (χ1) is 13.8. The van der Waals surface area contributed by atoms with E-state index in [0.29, 0.717) is 17.4 Å². The SMILES string of the molecule is O=C(COc1ccccc1)Nc1ccc(Nc2cccc3cccnc23)nn1. The second-order valence-corrected chi connectivity index (χ2v) is 5.96. The third-order valence-electron chi connectivity index (χ3n) is 3.94. The van der Waals surface area contributed by atoms with E-state index in [4.69, 9.17) is 4.74 Å². The minimum absolute atomic E-state index is 0.104. The van der Waals surface area contributed by atoms with Crippen molar-refractivity contribution in [2.75, 3.05) is 17.2 Å². The van der Waals surface area contributed by atoms with Crippen molar-refractivity contribution in [2.45, 2.75) is 0 Å². The van der Waals surface area contributed by atoms with Crippen molar-refractivity contribution < 1.29 is 9.53 Å². The zero-order chi connectivity index (χ0) is 19.2. The number of rotatable bonds is 6. The summed E-state index contributed by atoms with van der Waals surface area (Å²) in [5, 5.41) is 15.0. The van der Waals surface area contributed by atoms with Gasteiger partial charge in [-0.3, -0.25) is 9.78 Å². The van der Waals surface area contributed by atoms with Crippen LogP contribution >= 0.6 is 0 Å². The Labute approximate surface area is 161 Å². The molecule has 0 fully saturated rings. The van der Waals surface area contributed by atoms with Gasteiger partial charge in [-0.15, -0.1) is 10.2 Å². The number of fused-ring (bicyclic) bond motifs is 1. The van der Waals surface area contributed by atoms with Gasteiger partial charge in [0.25, 0.3) is 5.91 Å². The topological polar surface area (TPSA) is 89.0 Å². The number of aromatic nitrogens is 3. The van der Waals surface area contributed by atoms with Gasteiger partial charge in [0.15, 0.2) is 18.2 Å². The average molecular weight is 371 g/mol. The van der Waals surface area contributed by atoms with Gasteiger partial charge in [0.1, 0.15) is 5.75 Å². The number of nitrogens with one attached hydrogen (secondary N) is 2. The minimum atomic E-state index is -0.308. The average Bonchev–Trinajstić information content (AvgIpc) is 2.75. The molecule has 0 bridgehead atoms. The minimum Gasteiger partial charge on any atom is -0.484 e. The molecule has 2 heterocycles. The first-order valence-electron chi connectivity index (χ1n) is 8.70. The van der Waals surface area contributed by atoms with Gasteiger partial charge in [-0.1, -0.05) is 36.4 Å². The van der Waals surface area contributed by atoms with Gasteiger partial charge in [0.2, 0.25) is 0 Å². The maximum atomic E-state index is 12.0. The Morgan fingerprint density at radius 1 is 0.857 bits per heavy atom. The van der Waals surface area contributed by atoms with E-state index in [1.165, 1.54) is 0 Å². The van der Waals surface area contributed by atoms with E-state index in [0.717, 1.165) is 16.6 Å². The maximum absolute atomic E-state index is 12.0. The van der Waals surface area contributed by atoms with Gasteiger partial charge >= 0.3 is 0 Å². The summed E-state index contributed by atoms with van der Waals surface area (Å²) >= 11 is 0. The van der Waals surface area contributed by atoms with Crippen molar-refractivity contribution in [1.29, 1.82) is 0 Å². The van der Waals surface area contributed by atoms with Crippen LogP contribution in [-0.4, -0.2) is 27.7 Å². The van der Waals surface area contributed by atoms with Crippen LogP contribution in [0.15, 0.2) is 79.0 Å². The van der Waals surface area contributed by atoms with E-state index in [2.05, 4.69) is 25.8 Å². The summed E-state index contributed by atoms with van der Waals surface area (Å²) < 4.78 is 5.40. The Balaban J connectivity index is 1.37. The highest BCUT2D eigenvalue weighted by molar-refractivity contribution is 5.92. The van der Waals surface area contributed by atoms with Gasteiger partial charge in [0, 0.05) is 11.6 Å². The number of hydrogen-bond acceptors (Lipinski definition) is 6. The highest BCUT2D eigenvalue weighted by atomic mass is 16.5. The first kappa shape index (κ1) is 17.4. The molecule has 0 aliphatic rings. The van der Waals surface area contributed by atoms with E-state index in [1.54, 1.807) is 30.5 Å². The van der Waals surface area contributed by atoms with E-state index >= 15 is 0 Å². The quantitative estimate of drug-likeness (QED) is 0.536. The van der Waals surface area contributed by atoms with Gasteiger partial charge in [0.05, 0.1) is 11.2 Å². The van der Waals surface area contributed by atoms with Crippen LogP contribution in [0.3, 0.4) is 0 Å². The molecule has 138 valence electrons. The van der Waals surface area contributed by atoms with Crippen molar-refractivity contribution in [3.63, 3.8) is 0 Å². The highest BCUT2D eigenvalue weighted by Crippen LogP contribution is 2.23. The molecular weight excluding hydrogens is 354 g/mol. The third kappa shape index (κ3) is 4.21. The lowest BCUT2D eigenvalue weighted by molar-refractivity contribution is -0.118. The molecule has 4 aromatic rings. The van der Waals surface area contributed by atoms with Gasteiger partial charge in [-0.2, -0.15) is 0 Å². The summed E-state index contributed by atoms with van der Waals surface area (Å²) in [5.41, 5.74) is 1.68. The lowest BCUT2D eigenvalue weighted by atomic mass is 10.2. The Morgan fingerprint density at radius 3 is 2.46 bits per heavy atom. The Hall–Kier alpha value is -4.00. The summed E-state index contributed by atoms with van der Waals surface area (Å²) in [6, 6.07) is 22.3. The number of pyridine rings is 1. The second kappa shape index (κ2) is 8.13. The number of carbonyl (C=O) groups is 1. The fourth-order valence-electron chi connectivity index (χ4n) is 2.65. The lowest BCUT2D eigenvalue weighted by Crippen LogP contribution is -2.21. The van der Waals surface area contributed by atoms with Crippen molar-refractivity contribution in [3.05, 3.63) is 79.0 Å². The molecule has 1 amide bonds. The van der Waals surface area contributed by atoms with Crippen LogP contribution in [0, 0.1) is 0 Å². The number of para-hydroxylation sites is 2. The van der Waals surface area contributed by atoms with Crippen molar-refractivity contribution in [3.8, 4) is 5.75 Å². The smallest absolute Gasteiger partial charge is 0.263 e. The molecule has 0 radical (unpaired) electrons. The molecule has 0 aliphatic heterocycles. The van der Waals surface area contributed by atoms with E-state index in [9.17, 15) is 4.79 Å². The van der Waals surface area contributed by atoms with E-state index in [-0.39, 0.29) is 12.5 Å². The number of anilines is 3. The summed E-state index contributed by atoms with van der Waals surface area (Å²) in [6.45, 7) is -0.104. The third-order valence-corrected chi connectivity index (χ3v) is 3.94. The van der Waals surface area contributed by atoms with E-state index in [1.807, 2.05) is 48.5 Å². The number of nitrogens with zero attached hydrogens (tertiary/aromatic N) is 3. The molecule has 28 heavy (non-hydrogen) atoms. The Morgan fingerprint density at radius 2 is 1.64 bits per heavy atom. The molecule has 2 N–H and O–H groups in total. The van der Waals surface area contributed by atoms with Crippen LogP contribution in [-0.2, 0) is 4.79 Å². The summed E-state index contributed by atoms with van der Waals surface area (Å²) in [4.78, 5) is 16.4. The summed E-state index contributed by atoms with van der Waals surface area (Å²) in [7, 11) is 0. The van der Waals surface area contributed by atoms with Crippen LogP contribution in [0.2, 0.25) is 0 Å². The van der Waals surface area contributed by atoms with Crippen LogP contribution in [0.25, 0.3) is 10.9 Å². The molecule has 2 aromatic heterocycles. The van der Waals surface area contributed by atoms with Crippen LogP contribution in [0.1, 0.15) is 0 Å². The molecule has 0 saturated carbocycles. The monoisotopic (exact) mass is 371 g/mol. The van der Waals surface area contributed by atoms with Gasteiger partial charge in [-0.25, -0.2) is 0 Å². The summed E-state index contributed by atoms with van der Waals surface area (Å²) in [6.07, 6.45) is 1.75.